The third-order valence-electron chi connectivity index (χ3n) is 4.91. The van der Waals surface area contributed by atoms with Crippen LogP contribution in [0.3, 0.4) is 0 Å². The maximum Gasteiger partial charge on any atom is 0.355 e. The highest BCUT2D eigenvalue weighted by atomic mass is 32.2. The molecule has 11 nitrogen and oxygen atoms in total. The smallest absolute Gasteiger partial charge is 0.355 e. The van der Waals surface area contributed by atoms with E-state index in [0.29, 0.717) is 11.1 Å². The van der Waals surface area contributed by atoms with Gasteiger partial charge >= 0.3 is 11.9 Å². The fourth-order valence-electron chi connectivity index (χ4n) is 3.40. The predicted molar refractivity (Wildman–Crippen MR) is 114 cm³/mol. The van der Waals surface area contributed by atoms with Crippen molar-refractivity contribution in [2.24, 2.45) is 0 Å². The average molecular weight is 474 g/mol. The summed E-state index contributed by atoms with van der Waals surface area (Å²) >= 11 is 0. The zero-order valence-electron chi connectivity index (χ0n) is 17.5. The van der Waals surface area contributed by atoms with Crippen molar-refractivity contribution >= 4 is 38.8 Å². The number of nitrogens with zero attached hydrogens (tertiary/aromatic N) is 2. The van der Waals surface area contributed by atoms with Crippen molar-refractivity contribution in [3.8, 4) is 11.5 Å². The Morgan fingerprint density at radius 2 is 1.82 bits per heavy atom. The van der Waals surface area contributed by atoms with Gasteiger partial charge in [-0.2, -0.15) is 8.42 Å². The van der Waals surface area contributed by atoms with Gasteiger partial charge in [0.25, 0.3) is 10.1 Å². The molecule has 1 aliphatic rings. The molecule has 0 saturated heterocycles. The summed E-state index contributed by atoms with van der Waals surface area (Å²) in [7, 11) is -2.26. The molecule has 0 saturated carbocycles. The molecule has 12 heteroatoms. The van der Waals surface area contributed by atoms with Crippen molar-refractivity contribution in [1.29, 1.82) is 0 Å². The highest BCUT2D eigenvalue weighted by molar-refractivity contribution is 7.85. The summed E-state index contributed by atoms with van der Waals surface area (Å²) < 4.78 is 54.1. The molecule has 0 spiro atoms. The molecule has 172 valence electrons. The third-order valence-corrected chi connectivity index (χ3v) is 5.76. The van der Waals surface area contributed by atoms with Crippen molar-refractivity contribution in [2.45, 2.75) is 4.90 Å². The van der Waals surface area contributed by atoms with Crippen molar-refractivity contribution in [1.82, 2.24) is 4.98 Å². The number of esters is 2. The number of fused-ring (bicyclic) bond motifs is 1. The summed E-state index contributed by atoms with van der Waals surface area (Å²) in [4.78, 5) is 30.2. The lowest BCUT2D eigenvalue weighted by molar-refractivity contribution is -0.140. The molecule has 4 rings (SSSR count). The number of aromatic nitrogens is 1. The van der Waals surface area contributed by atoms with Gasteiger partial charge in [0.1, 0.15) is 17.9 Å². The second-order valence-corrected chi connectivity index (χ2v) is 8.28. The van der Waals surface area contributed by atoms with Crippen molar-refractivity contribution < 1.29 is 41.2 Å². The van der Waals surface area contributed by atoms with Gasteiger partial charge in [-0.3, -0.25) is 4.55 Å². The molecule has 0 aliphatic carbocycles. The normalized spacial score (nSPS) is 14.5. The van der Waals surface area contributed by atoms with Crippen LogP contribution in [0.25, 0.3) is 22.6 Å². The standard InChI is InChI=1S/C21H18N2O9S/c1-29-20(24)14-10-31-11-23(18(14)21(25)30-2)16-8-7-12(33(26,27)28)9-13(16)19-22-15-5-3-4-6-17(15)32-19/h3-9H,10-11H2,1-2H3,(H,26,27,28). The zero-order valence-corrected chi connectivity index (χ0v) is 18.3. The number of anilines is 1. The molecule has 0 amide bonds. The first-order valence-corrected chi connectivity index (χ1v) is 10.9. The molecule has 33 heavy (non-hydrogen) atoms. The summed E-state index contributed by atoms with van der Waals surface area (Å²) in [6.07, 6.45) is 0. The van der Waals surface area contributed by atoms with E-state index in [1.54, 1.807) is 24.3 Å². The predicted octanol–water partition coefficient (Wildman–Crippen LogP) is 2.14. The first-order chi connectivity index (χ1) is 15.7. The van der Waals surface area contributed by atoms with E-state index < -0.39 is 27.0 Å². The number of methoxy groups -OCH3 is 2. The highest BCUT2D eigenvalue weighted by Crippen LogP contribution is 2.37. The Morgan fingerprint density at radius 3 is 2.48 bits per heavy atom. The number of hydrogen-bond donors (Lipinski definition) is 1. The Bertz CT molecular complexity index is 1360. The molecule has 0 radical (unpaired) electrons. The maximum absolute atomic E-state index is 12.6. The number of para-hydroxylation sites is 2. The number of ether oxygens (including phenoxy) is 3. The molecule has 0 atom stereocenters. The van der Waals surface area contributed by atoms with E-state index in [4.69, 9.17) is 18.6 Å². The van der Waals surface area contributed by atoms with Gasteiger partial charge in [-0.25, -0.2) is 14.6 Å². The molecule has 2 heterocycles. The fourth-order valence-corrected chi connectivity index (χ4v) is 3.91. The number of hydrogen-bond acceptors (Lipinski definition) is 10. The minimum absolute atomic E-state index is 0.0195. The highest BCUT2D eigenvalue weighted by Gasteiger charge is 2.34. The van der Waals surface area contributed by atoms with Crippen molar-refractivity contribution in [2.75, 3.05) is 32.5 Å². The van der Waals surface area contributed by atoms with Crippen LogP contribution in [0.15, 0.2) is 63.0 Å². The van der Waals surface area contributed by atoms with Gasteiger partial charge in [-0.15, -0.1) is 0 Å². The number of rotatable bonds is 5. The van der Waals surface area contributed by atoms with Crippen LogP contribution in [-0.2, 0) is 33.9 Å². The van der Waals surface area contributed by atoms with E-state index in [-0.39, 0.29) is 41.7 Å². The van der Waals surface area contributed by atoms with Crippen LogP contribution >= 0.6 is 0 Å². The van der Waals surface area contributed by atoms with Crippen LogP contribution in [-0.4, -0.2) is 57.5 Å². The quantitative estimate of drug-likeness (QED) is 0.429. The fraction of sp³-hybridized carbons (Fsp3) is 0.190. The second kappa shape index (κ2) is 8.65. The van der Waals surface area contributed by atoms with Crippen LogP contribution in [0.2, 0.25) is 0 Å². The van der Waals surface area contributed by atoms with Crippen LogP contribution in [0.4, 0.5) is 5.69 Å². The molecule has 0 unspecified atom stereocenters. The summed E-state index contributed by atoms with van der Waals surface area (Å²) in [5.41, 5.74) is 1.05. The Balaban J connectivity index is 1.98. The Morgan fingerprint density at radius 1 is 1.09 bits per heavy atom. The summed E-state index contributed by atoms with van der Waals surface area (Å²) in [6, 6.07) is 10.5. The first-order valence-electron chi connectivity index (χ1n) is 9.47. The first kappa shape index (κ1) is 22.5. The molecule has 1 N–H and O–H groups in total. The summed E-state index contributed by atoms with van der Waals surface area (Å²) in [6.45, 7) is -0.377. The molecule has 1 aromatic heterocycles. The van der Waals surface area contributed by atoms with Crippen molar-refractivity contribution in [3.05, 3.63) is 53.7 Å². The second-order valence-electron chi connectivity index (χ2n) is 6.86. The third kappa shape index (κ3) is 4.18. The summed E-state index contributed by atoms with van der Waals surface area (Å²) in [5.74, 6) is -1.61. The van der Waals surface area contributed by atoms with E-state index in [9.17, 15) is 22.6 Å². The minimum Gasteiger partial charge on any atom is -0.466 e. The molecule has 0 bridgehead atoms. The van der Waals surface area contributed by atoms with Crippen molar-refractivity contribution in [3.63, 3.8) is 0 Å². The van der Waals surface area contributed by atoms with Crippen LogP contribution in [0, 0.1) is 0 Å². The van der Waals surface area contributed by atoms with E-state index in [1.807, 2.05) is 0 Å². The van der Waals surface area contributed by atoms with Gasteiger partial charge in [0, 0.05) is 0 Å². The average Bonchev–Trinajstić information content (AvgIpc) is 3.25. The number of carbonyl (C=O) groups excluding carboxylic acids is 2. The van der Waals surface area contributed by atoms with Crippen LogP contribution in [0.1, 0.15) is 0 Å². The Labute approximate surface area is 187 Å². The molecule has 1 aliphatic heterocycles. The van der Waals surface area contributed by atoms with Gasteiger partial charge in [-0.05, 0) is 30.3 Å². The molecule has 3 aromatic rings. The SMILES string of the molecule is COC(=O)C1=C(C(=O)OC)N(c2ccc(S(=O)(=O)O)cc2-c2nc3ccccc3o2)COC1. The minimum atomic E-state index is -4.57. The van der Waals surface area contributed by atoms with E-state index in [0.717, 1.165) is 26.4 Å². The lowest BCUT2D eigenvalue weighted by Crippen LogP contribution is -2.39. The lowest BCUT2D eigenvalue weighted by Gasteiger charge is -2.32. The van der Waals surface area contributed by atoms with E-state index in [2.05, 4.69) is 4.98 Å². The molecule has 0 fully saturated rings. The summed E-state index contributed by atoms with van der Waals surface area (Å²) in [5, 5.41) is 0. The van der Waals surface area contributed by atoms with Gasteiger partial charge in [0.05, 0.1) is 42.5 Å². The number of carbonyl (C=O) groups is 2. The topological polar surface area (TPSA) is 145 Å². The number of oxazole rings is 1. The van der Waals surface area contributed by atoms with Gasteiger partial charge in [-0.1, -0.05) is 12.1 Å². The maximum atomic E-state index is 12.6. The van der Waals surface area contributed by atoms with Crippen LogP contribution < -0.4 is 4.90 Å². The van der Waals surface area contributed by atoms with E-state index >= 15 is 0 Å². The monoisotopic (exact) mass is 474 g/mol. The largest absolute Gasteiger partial charge is 0.466 e. The number of benzene rings is 2. The zero-order chi connectivity index (χ0) is 23.8. The molecular formula is C21H18N2O9S. The van der Waals surface area contributed by atoms with Gasteiger partial charge in [0.2, 0.25) is 5.89 Å². The Hall–Kier alpha value is -3.74. The lowest BCUT2D eigenvalue weighted by atomic mass is 10.1. The van der Waals surface area contributed by atoms with Gasteiger partial charge in [0.15, 0.2) is 5.58 Å². The van der Waals surface area contributed by atoms with E-state index in [1.165, 1.54) is 11.0 Å². The Kier molecular flexibility index (Phi) is 5.89. The molecule has 2 aromatic carbocycles. The molecular weight excluding hydrogens is 456 g/mol. The van der Waals surface area contributed by atoms with Crippen LogP contribution in [0.5, 0.6) is 0 Å². The van der Waals surface area contributed by atoms with Gasteiger partial charge < -0.3 is 23.5 Å².